The van der Waals surface area contributed by atoms with Crippen molar-refractivity contribution in [3.63, 3.8) is 0 Å². The fourth-order valence-corrected chi connectivity index (χ4v) is 3.76. The quantitative estimate of drug-likeness (QED) is 0.618. The van der Waals surface area contributed by atoms with Gasteiger partial charge in [0.25, 0.3) is 5.91 Å². The summed E-state index contributed by atoms with van der Waals surface area (Å²) in [6, 6.07) is 12.3. The van der Waals surface area contributed by atoms with Gasteiger partial charge in [-0.1, -0.05) is 30.3 Å². The van der Waals surface area contributed by atoms with E-state index >= 15 is 0 Å². The second-order valence-corrected chi connectivity index (χ2v) is 7.67. The van der Waals surface area contributed by atoms with Crippen LogP contribution >= 0.6 is 0 Å². The number of benzene rings is 2. The van der Waals surface area contributed by atoms with E-state index in [1.165, 1.54) is 12.1 Å². The maximum absolute atomic E-state index is 12.9. The van der Waals surface area contributed by atoms with Crippen molar-refractivity contribution < 1.29 is 27.5 Å². The Bertz CT molecular complexity index is 909. The Labute approximate surface area is 179 Å². The number of amides is 1. The molecule has 5 nitrogen and oxygen atoms in total. The van der Waals surface area contributed by atoms with E-state index in [0.29, 0.717) is 42.8 Å². The minimum atomic E-state index is -4.35. The van der Waals surface area contributed by atoms with Crippen molar-refractivity contribution in [2.24, 2.45) is 0 Å². The molecule has 1 heterocycles. The van der Waals surface area contributed by atoms with Crippen molar-refractivity contribution in [1.82, 2.24) is 9.80 Å². The molecule has 0 radical (unpaired) electrons. The highest BCUT2D eigenvalue weighted by atomic mass is 19.4. The maximum Gasteiger partial charge on any atom is 0.416 e. The van der Waals surface area contributed by atoms with Crippen molar-refractivity contribution in [3.8, 4) is 5.75 Å². The SMILES string of the molecule is CN(Cc1cccc(C(F)(F)F)c1)C1CCN(C(=O)COc2ccccc2C=O)CC1. The zero-order valence-corrected chi connectivity index (χ0v) is 17.3. The van der Waals surface area contributed by atoms with Crippen LogP contribution in [0.3, 0.4) is 0 Å². The molecule has 31 heavy (non-hydrogen) atoms. The molecule has 2 aromatic carbocycles. The molecule has 0 atom stereocenters. The summed E-state index contributed by atoms with van der Waals surface area (Å²) in [7, 11) is 1.89. The molecule has 1 amide bonds. The standard InChI is InChI=1S/C23H25F3N2O3/c1-27(14-17-5-4-7-19(13-17)23(24,25)26)20-9-11-28(12-10-20)22(30)16-31-21-8-3-2-6-18(21)15-29/h2-8,13,15,20H,9-12,14,16H2,1H3. The van der Waals surface area contributed by atoms with Gasteiger partial charge >= 0.3 is 6.18 Å². The average Bonchev–Trinajstić information content (AvgIpc) is 2.77. The molecule has 0 unspecified atom stereocenters. The van der Waals surface area contributed by atoms with E-state index in [2.05, 4.69) is 0 Å². The number of piperidine rings is 1. The predicted octanol–water partition coefficient (Wildman–Crippen LogP) is 4.02. The van der Waals surface area contributed by atoms with E-state index in [-0.39, 0.29) is 18.6 Å². The van der Waals surface area contributed by atoms with Crippen LogP contribution in [0, 0.1) is 0 Å². The Balaban J connectivity index is 1.48. The number of hydrogen-bond donors (Lipinski definition) is 0. The number of aldehydes is 1. The lowest BCUT2D eigenvalue weighted by Gasteiger charge is -2.36. The summed E-state index contributed by atoms with van der Waals surface area (Å²) < 4.78 is 44.3. The monoisotopic (exact) mass is 434 g/mol. The molecule has 0 bridgehead atoms. The van der Waals surface area contributed by atoms with E-state index in [9.17, 15) is 22.8 Å². The number of likely N-dealkylation sites (tertiary alicyclic amines) is 1. The van der Waals surface area contributed by atoms with Crippen molar-refractivity contribution in [2.45, 2.75) is 31.6 Å². The van der Waals surface area contributed by atoms with Gasteiger partial charge in [-0.05, 0) is 43.7 Å². The Morgan fingerprint density at radius 1 is 1.16 bits per heavy atom. The second kappa shape index (κ2) is 9.96. The minimum Gasteiger partial charge on any atom is -0.483 e. The average molecular weight is 434 g/mol. The summed E-state index contributed by atoms with van der Waals surface area (Å²) in [5.41, 5.74) is 0.360. The summed E-state index contributed by atoms with van der Waals surface area (Å²) in [6.07, 6.45) is -2.21. The topological polar surface area (TPSA) is 49.9 Å². The lowest BCUT2D eigenvalue weighted by atomic mass is 10.0. The van der Waals surface area contributed by atoms with E-state index in [0.717, 1.165) is 18.9 Å². The Morgan fingerprint density at radius 3 is 2.55 bits per heavy atom. The predicted molar refractivity (Wildman–Crippen MR) is 110 cm³/mol. The minimum absolute atomic E-state index is 0.143. The first-order chi connectivity index (χ1) is 14.8. The smallest absolute Gasteiger partial charge is 0.416 e. The highest BCUT2D eigenvalue weighted by molar-refractivity contribution is 5.80. The van der Waals surface area contributed by atoms with Crippen LogP contribution in [-0.4, -0.2) is 54.8 Å². The van der Waals surface area contributed by atoms with Crippen molar-refractivity contribution in [2.75, 3.05) is 26.7 Å². The summed E-state index contributed by atoms with van der Waals surface area (Å²) in [4.78, 5) is 27.3. The number of alkyl halides is 3. The van der Waals surface area contributed by atoms with Crippen LogP contribution in [0.25, 0.3) is 0 Å². The van der Waals surface area contributed by atoms with Crippen LogP contribution in [0.15, 0.2) is 48.5 Å². The molecule has 3 rings (SSSR count). The lowest BCUT2D eigenvalue weighted by molar-refractivity contribution is -0.137. The van der Waals surface area contributed by atoms with Crippen molar-refractivity contribution >= 4 is 12.2 Å². The largest absolute Gasteiger partial charge is 0.483 e. The molecule has 0 aliphatic carbocycles. The first-order valence-electron chi connectivity index (χ1n) is 10.1. The Hall–Kier alpha value is -2.87. The highest BCUT2D eigenvalue weighted by Crippen LogP contribution is 2.30. The normalized spacial score (nSPS) is 15.2. The van der Waals surface area contributed by atoms with E-state index in [1.807, 2.05) is 11.9 Å². The van der Waals surface area contributed by atoms with Crippen LogP contribution in [0.2, 0.25) is 0 Å². The van der Waals surface area contributed by atoms with E-state index in [1.54, 1.807) is 35.2 Å². The molecule has 0 spiro atoms. The molecule has 0 N–H and O–H groups in total. The third kappa shape index (κ3) is 6.07. The van der Waals surface area contributed by atoms with Crippen molar-refractivity contribution in [1.29, 1.82) is 0 Å². The fourth-order valence-electron chi connectivity index (χ4n) is 3.76. The number of hydrogen-bond acceptors (Lipinski definition) is 4. The molecular formula is C23H25F3N2O3. The van der Waals surface area contributed by atoms with Crippen LogP contribution in [-0.2, 0) is 17.5 Å². The van der Waals surface area contributed by atoms with Gasteiger partial charge in [-0.3, -0.25) is 14.5 Å². The zero-order chi connectivity index (χ0) is 22.4. The van der Waals surface area contributed by atoms with Gasteiger partial charge in [0.15, 0.2) is 12.9 Å². The molecule has 1 aliphatic rings. The Kier molecular flexibility index (Phi) is 7.33. The van der Waals surface area contributed by atoms with Gasteiger partial charge in [-0.15, -0.1) is 0 Å². The first-order valence-corrected chi connectivity index (χ1v) is 10.1. The molecule has 1 fully saturated rings. The molecule has 1 aliphatic heterocycles. The number of nitrogens with zero attached hydrogens (tertiary/aromatic N) is 2. The number of carbonyl (C=O) groups excluding carboxylic acids is 2. The fraction of sp³-hybridized carbons (Fsp3) is 0.391. The van der Waals surface area contributed by atoms with Gasteiger partial charge in [0, 0.05) is 25.7 Å². The molecule has 166 valence electrons. The van der Waals surface area contributed by atoms with Crippen LogP contribution in [0.5, 0.6) is 5.75 Å². The molecule has 0 saturated carbocycles. The number of halogens is 3. The van der Waals surface area contributed by atoms with Gasteiger partial charge in [-0.2, -0.15) is 13.2 Å². The van der Waals surface area contributed by atoms with Crippen LogP contribution in [0.4, 0.5) is 13.2 Å². The lowest BCUT2D eigenvalue weighted by Crippen LogP contribution is -2.46. The van der Waals surface area contributed by atoms with Crippen LogP contribution < -0.4 is 4.74 Å². The van der Waals surface area contributed by atoms with Crippen molar-refractivity contribution in [3.05, 3.63) is 65.2 Å². The number of rotatable bonds is 7. The number of ether oxygens (including phenoxy) is 1. The molecule has 2 aromatic rings. The van der Waals surface area contributed by atoms with Gasteiger partial charge in [0.1, 0.15) is 5.75 Å². The molecular weight excluding hydrogens is 409 g/mol. The van der Waals surface area contributed by atoms with Crippen LogP contribution in [0.1, 0.15) is 34.3 Å². The number of carbonyl (C=O) groups is 2. The zero-order valence-electron chi connectivity index (χ0n) is 17.3. The molecule has 8 heteroatoms. The second-order valence-electron chi connectivity index (χ2n) is 7.67. The van der Waals surface area contributed by atoms with E-state index < -0.39 is 11.7 Å². The summed E-state index contributed by atoms with van der Waals surface area (Å²) in [5.74, 6) is 0.223. The van der Waals surface area contributed by atoms with Gasteiger partial charge in [0.2, 0.25) is 0 Å². The summed E-state index contributed by atoms with van der Waals surface area (Å²) in [6.45, 7) is 1.37. The third-order valence-corrected chi connectivity index (χ3v) is 5.52. The molecule has 1 saturated heterocycles. The summed E-state index contributed by atoms with van der Waals surface area (Å²) in [5, 5.41) is 0. The Morgan fingerprint density at radius 2 is 1.87 bits per heavy atom. The summed E-state index contributed by atoms with van der Waals surface area (Å²) >= 11 is 0. The number of para-hydroxylation sites is 1. The maximum atomic E-state index is 12.9. The van der Waals surface area contributed by atoms with Gasteiger partial charge in [0.05, 0.1) is 11.1 Å². The third-order valence-electron chi connectivity index (χ3n) is 5.52. The van der Waals surface area contributed by atoms with Gasteiger partial charge < -0.3 is 9.64 Å². The van der Waals surface area contributed by atoms with Gasteiger partial charge in [-0.25, -0.2) is 0 Å². The van der Waals surface area contributed by atoms with E-state index in [4.69, 9.17) is 4.74 Å². The highest BCUT2D eigenvalue weighted by Gasteiger charge is 2.31. The molecule has 0 aromatic heterocycles. The first kappa shape index (κ1) is 22.8.